The van der Waals surface area contributed by atoms with Gasteiger partial charge < -0.3 is 9.99 Å². The summed E-state index contributed by atoms with van der Waals surface area (Å²) in [6.07, 6.45) is 8.98. The first-order valence-electron chi connectivity index (χ1n) is 5.63. The average molecular weight is 241 g/mol. The Hall–Kier alpha value is -2.50. The van der Waals surface area contributed by atoms with Crippen LogP contribution in [0.25, 0.3) is 5.69 Å². The molecular formula is C12H11N5O. The fourth-order valence-electron chi connectivity index (χ4n) is 1.89. The Labute approximate surface area is 103 Å². The molecule has 2 aromatic heterocycles. The number of ketones is 1. The highest BCUT2D eigenvalue weighted by Crippen LogP contribution is 2.15. The minimum Gasteiger partial charge on any atom is -0.309 e. The molecule has 0 amide bonds. The highest BCUT2D eigenvalue weighted by atomic mass is 16.1. The van der Waals surface area contributed by atoms with Gasteiger partial charge >= 0.3 is 0 Å². The smallest absolute Gasteiger partial charge is 0.185 e. The molecule has 18 heavy (non-hydrogen) atoms. The van der Waals surface area contributed by atoms with E-state index in [1.54, 1.807) is 24.9 Å². The molecule has 2 aromatic rings. The van der Waals surface area contributed by atoms with Gasteiger partial charge in [-0.05, 0) is 6.07 Å². The van der Waals surface area contributed by atoms with Crippen LogP contribution in [-0.4, -0.2) is 32.6 Å². The van der Waals surface area contributed by atoms with E-state index in [0.29, 0.717) is 24.2 Å². The molecule has 6 heteroatoms. The summed E-state index contributed by atoms with van der Waals surface area (Å²) in [5, 5.41) is 4.09. The van der Waals surface area contributed by atoms with Crippen LogP contribution in [0.5, 0.6) is 0 Å². The van der Waals surface area contributed by atoms with Crippen LogP contribution in [0.3, 0.4) is 0 Å². The van der Waals surface area contributed by atoms with Gasteiger partial charge in [0.2, 0.25) is 0 Å². The summed E-state index contributed by atoms with van der Waals surface area (Å²) in [6.45, 7) is 0.586. The van der Waals surface area contributed by atoms with Crippen LogP contribution in [0.15, 0.2) is 42.3 Å². The number of carbonyl (C=O) groups is 1. The number of imidazole rings is 1. The summed E-state index contributed by atoms with van der Waals surface area (Å²) < 4.78 is 1.83. The van der Waals surface area contributed by atoms with Crippen molar-refractivity contribution in [2.24, 2.45) is 5.10 Å². The Kier molecular flexibility index (Phi) is 2.60. The molecule has 0 fully saturated rings. The minimum atomic E-state index is 0.0307. The van der Waals surface area contributed by atoms with Crippen molar-refractivity contribution < 1.29 is 4.79 Å². The Morgan fingerprint density at radius 2 is 2.22 bits per heavy atom. The van der Waals surface area contributed by atoms with Crippen molar-refractivity contribution in [1.82, 2.24) is 20.0 Å². The SMILES string of the molecule is O=C1CCNN=C1c1cnccc1-n1ccnc1. The molecule has 3 rings (SSSR count). The van der Waals surface area contributed by atoms with Gasteiger partial charge in [0, 0.05) is 43.3 Å². The summed E-state index contributed by atoms with van der Waals surface area (Å²) in [4.78, 5) is 20.0. The third kappa shape index (κ3) is 1.77. The lowest BCUT2D eigenvalue weighted by Gasteiger charge is -2.14. The number of hydrogen-bond donors (Lipinski definition) is 1. The lowest BCUT2D eigenvalue weighted by Crippen LogP contribution is -2.29. The highest BCUT2D eigenvalue weighted by molar-refractivity contribution is 6.47. The first-order valence-corrected chi connectivity index (χ1v) is 5.63. The lowest BCUT2D eigenvalue weighted by molar-refractivity contribution is -0.113. The molecule has 1 N–H and O–H groups in total. The molecule has 0 spiro atoms. The molecular weight excluding hydrogens is 230 g/mol. The number of aromatic nitrogens is 3. The normalized spacial score (nSPS) is 15.1. The number of nitrogens with zero attached hydrogens (tertiary/aromatic N) is 4. The van der Waals surface area contributed by atoms with Crippen LogP contribution in [-0.2, 0) is 4.79 Å². The first kappa shape index (κ1) is 10.6. The van der Waals surface area contributed by atoms with E-state index in [0.717, 1.165) is 5.69 Å². The van der Waals surface area contributed by atoms with Crippen LogP contribution in [0.2, 0.25) is 0 Å². The Balaban J connectivity index is 2.13. The van der Waals surface area contributed by atoms with E-state index in [9.17, 15) is 4.79 Å². The molecule has 0 saturated heterocycles. The van der Waals surface area contributed by atoms with Crippen LogP contribution in [0.4, 0.5) is 0 Å². The number of Topliss-reactive ketones (excluding diaryl/α,β-unsaturated/α-hetero) is 1. The number of pyridine rings is 1. The minimum absolute atomic E-state index is 0.0307. The predicted molar refractivity (Wildman–Crippen MR) is 65.5 cm³/mol. The lowest BCUT2D eigenvalue weighted by atomic mass is 10.0. The molecule has 0 atom stereocenters. The zero-order valence-electron chi connectivity index (χ0n) is 9.58. The van der Waals surface area contributed by atoms with E-state index in [-0.39, 0.29) is 5.78 Å². The van der Waals surface area contributed by atoms with Gasteiger partial charge in [0.05, 0.1) is 12.0 Å². The van der Waals surface area contributed by atoms with Crippen LogP contribution < -0.4 is 5.43 Å². The van der Waals surface area contributed by atoms with Gasteiger partial charge in [0.15, 0.2) is 5.78 Å². The molecule has 0 radical (unpaired) electrons. The summed E-state index contributed by atoms with van der Waals surface area (Å²) >= 11 is 0. The van der Waals surface area contributed by atoms with Gasteiger partial charge in [-0.1, -0.05) is 0 Å². The Bertz CT molecular complexity index is 603. The number of rotatable bonds is 2. The highest BCUT2D eigenvalue weighted by Gasteiger charge is 2.20. The Morgan fingerprint density at radius 3 is 3.00 bits per heavy atom. The van der Waals surface area contributed by atoms with Crippen LogP contribution in [0.1, 0.15) is 12.0 Å². The van der Waals surface area contributed by atoms with Gasteiger partial charge in [-0.25, -0.2) is 4.98 Å². The van der Waals surface area contributed by atoms with Crippen molar-refractivity contribution in [2.45, 2.75) is 6.42 Å². The molecule has 0 unspecified atom stereocenters. The van der Waals surface area contributed by atoms with Gasteiger partial charge in [0.25, 0.3) is 0 Å². The monoisotopic (exact) mass is 241 g/mol. The molecule has 0 bridgehead atoms. The van der Waals surface area contributed by atoms with Gasteiger partial charge in [-0.3, -0.25) is 9.78 Å². The van der Waals surface area contributed by atoms with Crippen molar-refractivity contribution in [2.75, 3.05) is 6.54 Å². The van der Waals surface area contributed by atoms with Crippen molar-refractivity contribution in [3.63, 3.8) is 0 Å². The van der Waals surface area contributed by atoms with E-state index in [1.165, 1.54) is 0 Å². The largest absolute Gasteiger partial charge is 0.309 e. The third-order valence-electron chi connectivity index (χ3n) is 2.75. The summed E-state index contributed by atoms with van der Waals surface area (Å²) in [7, 11) is 0. The fourth-order valence-corrected chi connectivity index (χ4v) is 1.89. The quantitative estimate of drug-likeness (QED) is 0.832. The molecule has 0 aromatic carbocycles. The van der Waals surface area contributed by atoms with E-state index in [4.69, 9.17) is 0 Å². The fraction of sp³-hybridized carbons (Fsp3) is 0.167. The van der Waals surface area contributed by atoms with E-state index in [2.05, 4.69) is 20.5 Å². The van der Waals surface area contributed by atoms with E-state index >= 15 is 0 Å². The van der Waals surface area contributed by atoms with Crippen molar-refractivity contribution >= 4 is 11.5 Å². The molecule has 0 aliphatic carbocycles. The zero-order chi connectivity index (χ0) is 12.4. The third-order valence-corrected chi connectivity index (χ3v) is 2.75. The van der Waals surface area contributed by atoms with E-state index in [1.807, 2.05) is 16.8 Å². The zero-order valence-corrected chi connectivity index (χ0v) is 9.58. The molecule has 90 valence electrons. The van der Waals surface area contributed by atoms with Crippen molar-refractivity contribution in [1.29, 1.82) is 0 Å². The second-order valence-corrected chi connectivity index (χ2v) is 3.90. The second-order valence-electron chi connectivity index (χ2n) is 3.90. The van der Waals surface area contributed by atoms with Gasteiger partial charge in [-0.15, -0.1) is 0 Å². The summed E-state index contributed by atoms with van der Waals surface area (Å²) in [5.74, 6) is 0.0307. The number of nitrogens with one attached hydrogen (secondary N) is 1. The van der Waals surface area contributed by atoms with Crippen LogP contribution >= 0.6 is 0 Å². The average Bonchev–Trinajstić information content (AvgIpc) is 2.93. The maximum atomic E-state index is 11.9. The number of hydrazone groups is 1. The molecule has 1 aliphatic rings. The molecule has 0 saturated carbocycles. The maximum absolute atomic E-state index is 11.9. The summed E-state index contributed by atoms with van der Waals surface area (Å²) in [5.41, 5.74) is 4.84. The van der Waals surface area contributed by atoms with Gasteiger partial charge in [0.1, 0.15) is 5.71 Å². The van der Waals surface area contributed by atoms with Crippen LogP contribution in [0, 0.1) is 0 Å². The topological polar surface area (TPSA) is 72.2 Å². The molecule has 3 heterocycles. The molecule has 6 nitrogen and oxygen atoms in total. The Morgan fingerprint density at radius 1 is 1.28 bits per heavy atom. The second kappa shape index (κ2) is 4.40. The van der Waals surface area contributed by atoms with E-state index < -0.39 is 0 Å². The first-order chi connectivity index (χ1) is 8.86. The standard InChI is InChI=1S/C12H11N5O/c18-11-2-4-15-16-12(11)9-7-13-3-1-10(9)17-6-5-14-8-17/h1,3,5-8,15H,2,4H2. The number of hydrogen-bond acceptors (Lipinski definition) is 5. The van der Waals surface area contributed by atoms with Crippen molar-refractivity contribution in [3.05, 3.63) is 42.7 Å². The maximum Gasteiger partial charge on any atom is 0.185 e. The summed E-state index contributed by atoms with van der Waals surface area (Å²) in [6, 6.07) is 1.83. The predicted octanol–water partition coefficient (Wildman–Crippen LogP) is 0.534. The van der Waals surface area contributed by atoms with Crippen molar-refractivity contribution in [3.8, 4) is 5.69 Å². The van der Waals surface area contributed by atoms with Gasteiger partial charge in [-0.2, -0.15) is 5.10 Å². The molecule has 1 aliphatic heterocycles. The number of carbonyl (C=O) groups excluding carboxylic acids is 1.